The lowest BCUT2D eigenvalue weighted by Crippen LogP contribution is -2.23. The molecule has 0 radical (unpaired) electrons. The zero-order valence-corrected chi connectivity index (χ0v) is 15.1. The summed E-state index contributed by atoms with van der Waals surface area (Å²) in [7, 11) is 0. The molecule has 2 N–H and O–H groups in total. The number of rotatable bonds is 5. The van der Waals surface area contributed by atoms with E-state index in [2.05, 4.69) is 10.6 Å². The average molecular weight is 375 g/mol. The van der Waals surface area contributed by atoms with E-state index in [1.165, 1.54) is 0 Å². The molecule has 26 heavy (non-hydrogen) atoms. The van der Waals surface area contributed by atoms with Gasteiger partial charge < -0.3 is 20.1 Å². The molecule has 0 aromatic heterocycles. The van der Waals surface area contributed by atoms with Gasteiger partial charge in [0.2, 0.25) is 5.91 Å². The molecule has 0 saturated heterocycles. The fraction of sp³-hybridized carbons (Fsp3) is 0.263. The summed E-state index contributed by atoms with van der Waals surface area (Å²) in [6.45, 7) is 3.29. The first-order valence-electron chi connectivity index (χ1n) is 8.33. The summed E-state index contributed by atoms with van der Waals surface area (Å²) in [6, 6.07) is 10.2. The molecule has 0 aliphatic carbocycles. The second-order valence-corrected chi connectivity index (χ2v) is 6.17. The number of amides is 2. The summed E-state index contributed by atoms with van der Waals surface area (Å²) in [4.78, 5) is 24.2. The number of halogens is 1. The normalized spacial score (nSPS) is 12.4. The van der Waals surface area contributed by atoms with Crippen LogP contribution in [0.2, 0.25) is 5.02 Å². The fourth-order valence-corrected chi connectivity index (χ4v) is 2.95. The van der Waals surface area contributed by atoms with Crippen molar-refractivity contribution in [3.05, 3.63) is 52.5 Å². The number of anilines is 1. The summed E-state index contributed by atoms with van der Waals surface area (Å²) >= 11 is 6.20. The second-order valence-electron chi connectivity index (χ2n) is 5.77. The Morgan fingerprint density at radius 2 is 1.96 bits per heavy atom. The quantitative estimate of drug-likeness (QED) is 0.843. The second kappa shape index (κ2) is 8.10. The predicted molar refractivity (Wildman–Crippen MR) is 99.2 cm³/mol. The van der Waals surface area contributed by atoms with Crippen LogP contribution in [0.15, 0.2) is 36.4 Å². The highest BCUT2D eigenvalue weighted by atomic mass is 35.5. The topological polar surface area (TPSA) is 76.7 Å². The number of hydrogen-bond acceptors (Lipinski definition) is 4. The smallest absolute Gasteiger partial charge is 0.251 e. The predicted octanol–water partition coefficient (Wildman–Crippen LogP) is 3.04. The molecular formula is C19H19ClN2O4. The van der Waals surface area contributed by atoms with Crippen LogP contribution < -0.4 is 20.1 Å². The summed E-state index contributed by atoms with van der Waals surface area (Å²) in [5.74, 6) is 0.662. The lowest BCUT2D eigenvalue weighted by atomic mass is 10.1. The zero-order valence-electron chi connectivity index (χ0n) is 14.3. The standard InChI is InChI=1S/C19H19ClN2O4/c1-2-21-19(24)13-4-3-5-14(11-13)22-17(23)10-12-8-15(20)18-16(9-12)25-6-7-26-18/h3-5,8-9,11H,2,6-7,10H2,1H3,(H,21,24)(H,22,23). The van der Waals surface area contributed by atoms with Crippen molar-refractivity contribution in [2.24, 2.45) is 0 Å². The van der Waals surface area contributed by atoms with Gasteiger partial charge in [-0.2, -0.15) is 0 Å². The first-order chi connectivity index (χ1) is 12.6. The molecular weight excluding hydrogens is 356 g/mol. The van der Waals surface area contributed by atoms with Crippen LogP contribution in [0.3, 0.4) is 0 Å². The molecule has 0 fully saturated rings. The molecule has 2 aromatic carbocycles. The summed E-state index contributed by atoms with van der Waals surface area (Å²) in [6.07, 6.45) is 0.127. The molecule has 3 rings (SSSR count). The van der Waals surface area contributed by atoms with Crippen molar-refractivity contribution in [2.75, 3.05) is 25.1 Å². The molecule has 0 unspecified atom stereocenters. The molecule has 1 aliphatic rings. The number of carbonyl (C=O) groups excluding carboxylic acids is 2. The van der Waals surface area contributed by atoms with Gasteiger partial charge in [0.15, 0.2) is 11.5 Å². The van der Waals surface area contributed by atoms with Gasteiger partial charge >= 0.3 is 0 Å². The van der Waals surface area contributed by atoms with E-state index < -0.39 is 0 Å². The third-order valence-corrected chi connectivity index (χ3v) is 4.05. The lowest BCUT2D eigenvalue weighted by molar-refractivity contribution is -0.115. The van der Waals surface area contributed by atoms with Crippen LogP contribution >= 0.6 is 11.6 Å². The van der Waals surface area contributed by atoms with Gasteiger partial charge in [0.05, 0.1) is 11.4 Å². The SMILES string of the molecule is CCNC(=O)c1cccc(NC(=O)Cc2cc(Cl)c3c(c2)OCCO3)c1. The van der Waals surface area contributed by atoms with E-state index in [4.69, 9.17) is 21.1 Å². The molecule has 6 nitrogen and oxygen atoms in total. The maximum absolute atomic E-state index is 12.3. The van der Waals surface area contributed by atoms with Crippen molar-refractivity contribution >= 4 is 29.1 Å². The monoisotopic (exact) mass is 374 g/mol. The molecule has 1 aliphatic heterocycles. The van der Waals surface area contributed by atoms with Gasteiger partial charge in [-0.25, -0.2) is 0 Å². The Kier molecular flexibility index (Phi) is 5.63. The first kappa shape index (κ1) is 18.1. The number of hydrogen-bond donors (Lipinski definition) is 2. The van der Waals surface area contributed by atoms with E-state index >= 15 is 0 Å². The van der Waals surface area contributed by atoms with Gasteiger partial charge in [0.1, 0.15) is 13.2 Å². The fourth-order valence-electron chi connectivity index (χ4n) is 2.66. The molecule has 0 saturated carbocycles. The maximum Gasteiger partial charge on any atom is 0.251 e. The van der Waals surface area contributed by atoms with Crippen molar-refractivity contribution in [1.29, 1.82) is 0 Å². The van der Waals surface area contributed by atoms with Crippen LogP contribution in [0.5, 0.6) is 11.5 Å². The summed E-state index contributed by atoms with van der Waals surface area (Å²) in [5, 5.41) is 5.94. The Morgan fingerprint density at radius 1 is 1.15 bits per heavy atom. The largest absolute Gasteiger partial charge is 0.486 e. The van der Waals surface area contributed by atoms with Gasteiger partial charge in [0.25, 0.3) is 5.91 Å². The summed E-state index contributed by atoms with van der Waals surface area (Å²) in [5.41, 5.74) is 1.77. The Labute approximate surface area is 156 Å². The highest BCUT2D eigenvalue weighted by Crippen LogP contribution is 2.38. The van der Waals surface area contributed by atoms with Gasteiger partial charge in [-0.15, -0.1) is 0 Å². The number of fused-ring (bicyclic) bond motifs is 1. The third kappa shape index (κ3) is 4.26. The number of ether oxygens (including phenoxy) is 2. The Bertz CT molecular complexity index is 838. The van der Waals surface area contributed by atoms with Gasteiger partial charge in [-0.05, 0) is 42.8 Å². The van der Waals surface area contributed by atoms with Crippen molar-refractivity contribution in [3.63, 3.8) is 0 Å². The highest BCUT2D eigenvalue weighted by Gasteiger charge is 2.18. The minimum atomic E-state index is -0.217. The van der Waals surface area contributed by atoms with Crippen LogP contribution in [0, 0.1) is 0 Å². The molecule has 1 heterocycles. The Balaban J connectivity index is 1.69. The minimum Gasteiger partial charge on any atom is -0.486 e. The minimum absolute atomic E-state index is 0.127. The maximum atomic E-state index is 12.3. The van der Waals surface area contributed by atoms with Gasteiger partial charge in [0, 0.05) is 17.8 Å². The van der Waals surface area contributed by atoms with Gasteiger partial charge in [-0.1, -0.05) is 17.7 Å². The highest BCUT2D eigenvalue weighted by molar-refractivity contribution is 6.32. The first-order valence-corrected chi connectivity index (χ1v) is 8.70. The molecule has 2 amide bonds. The molecule has 7 heteroatoms. The van der Waals surface area contributed by atoms with E-state index in [9.17, 15) is 9.59 Å². The number of benzene rings is 2. The molecule has 0 spiro atoms. The van der Waals surface area contributed by atoms with E-state index in [0.29, 0.717) is 47.5 Å². The Morgan fingerprint density at radius 3 is 2.77 bits per heavy atom. The van der Waals surface area contributed by atoms with E-state index in [0.717, 1.165) is 5.56 Å². The van der Waals surface area contributed by atoms with Crippen molar-refractivity contribution in [3.8, 4) is 11.5 Å². The van der Waals surface area contributed by atoms with E-state index in [1.807, 2.05) is 6.92 Å². The molecule has 136 valence electrons. The van der Waals surface area contributed by atoms with Crippen LogP contribution in [-0.4, -0.2) is 31.6 Å². The van der Waals surface area contributed by atoms with Crippen LogP contribution in [-0.2, 0) is 11.2 Å². The van der Waals surface area contributed by atoms with Gasteiger partial charge in [-0.3, -0.25) is 9.59 Å². The van der Waals surface area contributed by atoms with E-state index in [-0.39, 0.29) is 18.2 Å². The zero-order chi connectivity index (χ0) is 18.5. The average Bonchev–Trinajstić information content (AvgIpc) is 2.62. The van der Waals surface area contributed by atoms with Crippen LogP contribution in [0.25, 0.3) is 0 Å². The summed E-state index contributed by atoms with van der Waals surface area (Å²) < 4.78 is 11.0. The third-order valence-electron chi connectivity index (χ3n) is 3.77. The molecule has 0 bridgehead atoms. The van der Waals surface area contributed by atoms with Crippen LogP contribution in [0.1, 0.15) is 22.8 Å². The van der Waals surface area contributed by atoms with E-state index in [1.54, 1.807) is 36.4 Å². The van der Waals surface area contributed by atoms with Crippen molar-refractivity contribution in [1.82, 2.24) is 5.32 Å². The Hall–Kier alpha value is -2.73. The number of carbonyl (C=O) groups is 2. The van der Waals surface area contributed by atoms with Crippen molar-refractivity contribution < 1.29 is 19.1 Å². The lowest BCUT2D eigenvalue weighted by Gasteiger charge is -2.20. The molecule has 0 atom stereocenters. The molecule has 2 aromatic rings. The van der Waals surface area contributed by atoms with Crippen molar-refractivity contribution in [2.45, 2.75) is 13.3 Å². The number of nitrogens with one attached hydrogen (secondary N) is 2. The van der Waals surface area contributed by atoms with Crippen LogP contribution in [0.4, 0.5) is 5.69 Å².